The molecule has 148 valence electrons. The molecule has 8 heteroatoms. The number of anilines is 1. The number of hydrogen-bond donors (Lipinski definition) is 1. The predicted octanol–water partition coefficient (Wildman–Crippen LogP) is 3.58. The van der Waals surface area contributed by atoms with Crippen LogP contribution in [0.3, 0.4) is 0 Å². The van der Waals surface area contributed by atoms with Crippen LogP contribution in [-0.4, -0.2) is 27.5 Å². The largest absolute Gasteiger partial charge is 0.454 e. The number of fused-ring (bicyclic) bond motifs is 2. The van der Waals surface area contributed by atoms with Crippen LogP contribution >= 0.6 is 11.8 Å². The molecule has 3 aromatic rings. The quantitative estimate of drug-likeness (QED) is 0.512. The van der Waals surface area contributed by atoms with E-state index in [0.717, 1.165) is 12.8 Å². The van der Waals surface area contributed by atoms with Crippen molar-refractivity contribution in [3.63, 3.8) is 0 Å². The van der Waals surface area contributed by atoms with Gasteiger partial charge in [-0.1, -0.05) is 23.9 Å². The van der Waals surface area contributed by atoms with Gasteiger partial charge in [-0.2, -0.15) is 0 Å². The summed E-state index contributed by atoms with van der Waals surface area (Å²) in [6.07, 6.45) is 1.93. The number of rotatable bonds is 5. The van der Waals surface area contributed by atoms with E-state index in [1.807, 2.05) is 25.1 Å². The Balaban J connectivity index is 1.39. The van der Waals surface area contributed by atoms with E-state index in [1.54, 1.807) is 28.8 Å². The molecule has 2 aliphatic rings. The minimum Gasteiger partial charge on any atom is -0.454 e. The van der Waals surface area contributed by atoms with Crippen LogP contribution in [0.25, 0.3) is 10.9 Å². The maximum absolute atomic E-state index is 13.0. The van der Waals surface area contributed by atoms with Crippen molar-refractivity contribution in [1.29, 1.82) is 0 Å². The topological polar surface area (TPSA) is 82.5 Å². The lowest BCUT2D eigenvalue weighted by atomic mass is 10.2. The molecule has 0 bridgehead atoms. The highest BCUT2D eigenvalue weighted by Gasteiger charge is 2.30. The van der Waals surface area contributed by atoms with Crippen molar-refractivity contribution in [3.8, 4) is 11.5 Å². The van der Waals surface area contributed by atoms with Crippen molar-refractivity contribution in [2.75, 3.05) is 12.1 Å². The molecular formula is C21H19N3O4S. The average molecular weight is 409 g/mol. The zero-order chi connectivity index (χ0) is 20.0. The van der Waals surface area contributed by atoms with Crippen molar-refractivity contribution in [2.24, 2.45) is 0 Å². The number of thioether (sulfide) groups is 1. The minimum absolute atomic E-state index is 0.0380. The summed E-state index contributed by atoms with van der Waals surface area (Å²) in [5.41, 5.74) is 1.25. The van der Waals surface area contributed by atoms with Crippen molar-refractivity contribution >= 4 is 34.3 Å². The summed E-state index contributed by atoms with van der Waals surface area (Å²) in [5.74, 6) is 1.11. The summed E-state index contributed by atoms with van der Waals surface area (Å²) >= 11 is 1.30. The Morgan fingerprint density at radius 3 is 2.83 bits per heavy atom. The lowest BCUT2D eigenvalue weighted by molar-refractivity contribution is -0.115. The summed E-state index contributed by atoms with van der Waals surface area (Å²) in [5, 5.41) is 3.67. The number of nitrogens with one attached hydrogen (secondary N) is 1. The normalized spacial score (nSPS) is 16.0. The first-order valence-electron chi connectivity index (χ1n) is 9.48. The molecule has 2 aromatic carbocycles. The highest BCUT2D eigenvalue weighted by Crippen LogP contribution is 2.38. The third kappa shape index (κ3) is 3.44. The lowest BCUT2D eigenvalue weighted by Crippen LogP contribution is -2.26. The van der Waals surface area contributed by atoms with E-state index in [2.05, 4.69) is 10.3 Å². The first-order valence-corrected chi connectivity index (χ1v) is 10.4. The molecule has 1 aliphatic carbocycles. The molecule has 1 amide bonds. The Morgan fingerprint density at radius 1 is 1.21 bits per heavy atom. The number of amides is 1. The number of carbonyl (C=O) groups excluding carboxylic acids is 1. The van der Waals surface area contributed by atoms with Gasteiger partial charge in [0.2, 0.25) is 12.7 Å². The van der Waals surface area contributed by atoms with Crippen molar-refractivity contribution in [3.05, 3.63) is 52.8 Å². The van der Waals surface area contributed by atoms with Crippen LogP contribution in [-0.2, 0) is 4.79 Å². The van der Waals surface area contributed by atoms with E-state index >= 15 is 0 Å². The highest BCUT2D eigenvalue weighted by atomic mass is 32.2. The number of benzene rings is 2. The van der Waals surface area contributed by atoms with Gasteiger partial charge in [0.1, 0.15) is 0 Å². The van der Waals surface area contributed by atoms with E-state index in [1.165, 1.54) is 11.8 Å². The molecule has 0 spiro atoms. The van der Waals surface area contributed by atoms with Gasteiger partial charge in [0, 0.05) is 17.8 Å². The molecule has 5 rings (SSSR count). The molecule has 1 saturated carbocycles. The van der Waals surface area contributed by atoms with Crippen LogP contribution in [0.2, 0.25) is 0 Å². The first-order chi connectivity index (χ1) is 14.1. The summed E-state index contributed by atoms with van der Waals surface area (Å²) in [6.45, 7) is 2.00. The van der Waals surface area contributed by atoms with Gasteiger partial charge in [-0.25, -0.2) is 4.98 Å². The Hall–Kier alpha value is -3.00. The fraction of sp³-hybridized carbons (Fsp3) is 0.286. The van der Waals surface area contributed by atoms with Crippen LogP contribution in [0.5, 0.6) is 11.5 Å². The van der Waals surface area contributed by atoms with Crippen LogP contribution < -0.4 is 20.3 Å². The third-order valence-electron chi connectivity index (χ3n) is 4.98. The Kier molecular flexibility index (Phi) is 4.43. The van der Waals surface area contributed by atoms with Gasteiger partial charge >= 0.3 is 0 Å². The number of nitrogens with zero attached hydrogens (tertiary/aromatic N) is 2. The van der Waals surface area contributed by atoms with Gasteiger partial charge in [0.25, 0.3) is 5.56 Å². The summed E-state index contributed by atoms with van der Waals surface area (Å²) in [6, 6.07) is 12.8. The van der Waals surface area contributed by atoms with E-state index in [4.69, 9.17) is 9.47 Å². The number of para-hydroxylation sites is 1. The lowest BCUT2D eigenvalue weighted by Gasteiger charge is -2.16. The van der Waals surface area contributed by atoms with E-state index in [9.17, 15) is 9.59 Å². The maximum atomic E-state index is 13.0. The maximum Gasteiger partial charge on any atom is 0.262 e. The Bertz CT molecular complexity index is 1170. The minimum atomic E-state index is -0.432. The van der Waals surface area contributed by atoms with Crippen molar-refractivity contribution in [2.45, 2.75) is 36.2 Å². The van der Waals surface area contributed by atoms with Gasteiger partial charge in [-0.05, 0) is 44.0 Å². The van der Waals surface area contributed by atoms with Crippen LogP contribution in [0.4, 0.5) is 5.69 Å². The molecule has 1 N–H and O–H groups in total. The van der Waals surface area contributed by atoms with Gasteiger partial charge < -0.3 is 14.8 Å². The molecule has 7 nitrogen and oxygen atoms in total. The molecular weight excluding hydrogens is 390 g/mol. The first kappa shape index (κ1) is 18.1. The molecule has 1 aliphatic heterocycles. The van der Waals surface area contributed by atoms with Gasteiger partial charge in [0.05, 0.1) is 16.2 Å². The van der Waals surface area contributed by atoms with E-state index < -0.39 is 5.25 Å². The summed E-state index contributed by atoms with van der Waals surface area (Å²) in [7, 11) is 0. The van der Waals surface area contributed by atoms with Crippen molar-refractivity contribution in [1.82, 2.24) is 9.55 Å². The molecule has 1 fully saturated rings. The van der Waals surface area contributed by atoms with E-state index in [-0.39, 0.29) is 24.3 Å². The van der Waals surface area contributed by atoms with Crippen LogP contribution in [0.1, 0.15) is 25.8 Å². The molecule has 1 atom stereocenters. The van der Waals surface area contributed by atoms with Gasteiger partial charge in [0.15, 0.2) is 16.7 Å². The number of ether oxygens (including phenoxy) is 2. The van der Waals surface area contributed by atoms with E-state index in [0.29, 0.717) is 33.2 Å². The molecule has 1 aromatic heterocycles. The second kappa shape index (κ2) is 7.11. The van der Waals surface area contributed by atoms with Crippen molar-refractivity contribution < 1.29 is 14.3 Å². The summed E-state index contributed by atoms with van der Waals surface area (Å²) < 4.78 is 12.4. The second-order valence-electron chi connectivity index (χ2n) is 7.14. The Labute approximate surface area is 171 Å². The third-order valence-corrected chi connectivity index (χ3v) is 6.05. The summed E-state index contributed by atoms with van der Waals surface area (Å²) in [4.78, 5) is 30.4. The Morgan fingerprint density at radius 2 is 2.00 bits per heavy atom. The number of aromatic nitrogens is 2. The number of carbonyl (C=O) groups is 1. The predicted molar refractivity (Wildman–Crippen MR) is 111 cm³/mol. The molecule has 2 heterocycles. The zero-order valence-corrected chi connectivity index (χ0v) is 16.6. The van der Waals surface area contributed by atoms with Crippen LogP contribution in [0, 0.1) is 0 Å². The highest BCUT2D eigenvalue weighted by molar-refractivity contribution is 8.00. The molecule has 0 radical (unpaired) electrons. The molecule has 1 unspecified atom stereocenters. The van der Waals surface area contributed by atoms with Crippen LogP contribution in [0.15, 0.2) is 52.4 Å². The second-order valence-corrected chi connectivity index (χ2v) is 8.44. The number of hydrogen-bond acceptors (Lipinski definition) is 6. The standard InChI is InChI=1S/C21H19N3O4S/c1-12(19(25)22-13-6-9-17-18(10-13)28-11-27-17)29-21-23-16-5-3-2-4-15(16)20(26)24(21)14-7-8-14/h2-6,9-10,12,14H,7-8,11H2,1H3,(H,22,25). The molecule has 29 heavy (non-hydrogen) atoms. The fourth-order valence-corrected chi connectivity index (χ4v) is 4.27. The monoisotopic (exact) mass is 409 g/mol. The average Bonchev–Trinajstić information content (AvgIpc) is 3.44. The molecule has 0 saturated heterocycles. The SMILES string of the molecule is CC(Sc1nc2ccccc2c(=O)n1C1CC1)C(=O)Nc1ccc2c(c1)OCO2. The van der Waals surface area contributed by atoms with Gasteiger partial charge in [-0.3, -0.25) is 14.2 Å². The zero-order valence-electron chi connectivity index (χ0n) is 15.8. The fourth-order valence-electron chi connectivity index (χ4n) is 3.29. The smallest absolute Gasteiger partial charge is 0.262 e. The van der Waals surface area contributed by atoms with Gasteiger partial charge in [-0.15, -0.1) is 0 Å².